The molecule has 1 aromatic heterocycles. The Morgan fingerprint density at radius 2 is 1.95 bits per heavy atom. The monoisotopic (exact) mass is 286 g/mol. The van der Waals surface area contributed by atoms with Crippen molar-refractivity contribution in [1.82, 2.24) is 10.3 Å². The molecular formula is C16H15ClN2O. The molecule has 20 heavy (non-hydrogen) atoms. The summed E-state index contributed by atoms with van der Waals surface area (Å²) in [6.45, 7) is 0. The zero-order chi connectivity index (χ0) is 13.9. The van der Waals surface area contributed by atoms with Gasteiger partial charge in [0.15, 0.2) is 0 Å². The summed E-state index contributed by atoms with van der Waals surface area (Å²) in [7, 11) is 0. The van der Waals surface area contributed by atoms with Crippen molar-refractivity contribution in [2.45, 2.75) is 18.9 Å². The van der Waals surface area contributed by atoms with Crippen molar-refractivity contribution in [2.24, 2.45) is 5.92 Å². The number of hydrogen-bond acceptors (Lipinski definition) is 2. The van der Waals surface area contributed by atoms with E-state index in [0.717, 1.165) is 18.4 Å². The molecule has 2 aromatic rings. The van der Waals surface area contributed by atoms with Crippen molar-refractivity contribution in [3.63, 3.8) is 0 Å². The molecule has 0 bridgehead atoms. The number of aromatic nitrogens is 1. The van der Waals surface area contributed by atoms with E-state index in [4.69, 9.17) is 11.6 Å². The molecule has 3 nitrogen and oxygen atoms in total. The lowest BCUT2D eigenvalue weighted by molar-refractivity contribution is 0.0926. The minimum absolute atomic E-state index is 0.0433. The zero-order valence-electron chi connectivity index (χ0n) is 10.9. The van der Waals surface area contributed by atoms with E-state index >= 15 is 0 Å². The summed E-state index contributed by atoms with van der Waals surface area (Å²) in [4.78, 5) is 16.3. The average molecular weight is 287 g/mol. The number of nitrogens with zero attached hydrogens (tertiary/aromatic N) is 1. The molecule has 1 atom stereocenters. The predicted molar refractivity (Wildman–Crippen MR) is 78.6 cm³/mol. The molecule has 1 heterocycles. The van der Waals surface area contributed by atoms with Crippen LogP contribution in [0.25, 0.3) is 0 Å². The molecule has 0 aliphatic heterocycles. The molecule has 1 fully saturated rings. The number of pyridine rings is 1. The van der Waals surface area contributed by atoms with Gasteiger partial charge in [-0.25, -0.2) is 0 Å². The maximum absolute atomic E-state index is 12.2. The van der Waals surface area contributed by atoms with Crippen LogP contribution in [0.1, 0.15) is 34.9 Å². The molecule has 1 aliphatic carbocycles. The Morgan fingerprint density at radius 3 is 2.55 bits per heavy atom. The number of carbonyl (C=O) groups is 1. The van der Waals surface area contributed by atoms with Gasteiger partial charge >= 0.3 is 0 Å². The first-order valence-electron chi connectivity index (χ1n) is 6.71. The molecule has 1 unspecified atom stereocenters. The lowest BCUT2D eigenvalue weighted by Crippen LogP contribution is -2.30. The van der Waals surface area contributed by atoms with Gasteiger partial charge < -0.3 is 5.32 Å². The highest BCUT2D eigenvalue weighted by Gasteiger charge is 2.33. The van der Waals surface area contributed by atoms with Gasteiger partial charge in [0.2, 0.25) is 0 Å². The summed E-state index contributed by atoms with van der Waals surface area (Å²) >= 11 is 5.92. The SMILES string of the molecule is O=C(NC(c1ccc(Cl)cc1)C1CC1)c1ccccn1. The van der Waals surface area contributed by atoms with Crippen LogP contribution in [0.5, 0.6) is 0 Å². The lowest BCUT2D eigenvalue weighted by atomic mass is 10.0. The standard InChI is InChI=1S/C16H15ClN2O/c17-13-8-6-12(7-9-13)15(11-4-5-11)19-16(20)14-3-1-2-10-18-14/h1-3,6-11,15H,4-5H2,(H,19,20). The van der Waals surface area contributed by atoms with Gasteiger partial charge in [0.1, 0.15) is 5.69 Å². The van der Waals surface area contributed by atoms with Crippen LogP contribution >= 0.6 is 11.6 Å². The van der Waals surface area contributed by atoms with E-state index in [1.807, 2.05) is 30.3 Å². The van der Waals surface area contributed by atoms with Crippen LogP contribution in [0.3, 0.4) is 0 Å². The fourth-order valence-corrected chi connectivity index (χ4v) is 2.41. The smallest absolute Gasteiger partial charge is 0.270 e. The number of benzene rings is 1. The molecule has 1 aromatic carbocycles. The first-order chi connectivity index (χ1) is 9.74. The Balaban J connectivity index is 1.78. The first-order valence-corrected chi connectivity index (χ1v) is 7.09. The lowest BCUT2D eigenvalue weighted by Gasteiger charge is -2.18. The Hall–Kier alpha value is -1.87. The molecule has 102 valence electrons. The van der Waals surface area contributed by atoms with Gasteiger partial charge in [-0.1, -0.05) is 29.8 Å². The summed E-state index contributed by atoms with van der Waals surface area (Å²) in [5.74, 6) is 0.390. The van der Waals surface area contributed by atoms with Gasteiger partial charge in [0, 0.05) is 11.2 Å². The minimum Gasteiger partial charge on any atom is -0.344 e. The molecule has 1 amide bonds. The molecular weight excluding hydrogens is 272 g/mol. The highest BCUT2D eigenvalue weighted by molar-refractivity contribution is 6.30. The van der Waals surface area contributed by atoms with Gasteiger partial charge in [0.25, 0.3) is 5.91 Å². The Labute approximate surface area is 123 Å². The third-order valence-corrected chi connectivity index (χ3v) is 3.76. The summed E-state index contributed by atoms with van der Waals surface area (Å²) in [5.41, 5.74) is 1.55. The van der Waals surface area contributed by atoms with Crippen LogP contribution in [0.4, 0.5) is 0 Å². The number of carbonyl (C=O) groups excluding carboxylic acids is 1. The van der Waals surface area contributed by atoms with E-state index in [9.17, 15) is 4.79 Å². The first kappa shape index (κ1) is 13.1. The molecule has 1 saturated carbocycles. The van der Waals surface area contributed by atoms with Crippen LogP contribution < -0.4 is 5.32 Å². The van der Waals surface area contributed by atoms with E-state index in [0.29, 0.717) is 16.6 Å². The largest absolute Gasteiger partial charge is 0.344 e. The van der Waals surface area contributed by atoms with Gasteiger partial charge in [-0.15, -0.1) is 0 Å². The Bertz CT molecular complexity index is 594. The molecule has 0 saturated heterocycles. The number of amides is 1. The third kappa shape index (κ3) is 2.99. The second kappa shape index (κ2) is 5.63. The molecule has 4 heteroatoms. The number of halogens is 1. The molecule has 0 spiro atoms. The fourth-order valence-electron chi connectivity index (χ4n) is 2.29. The van der Waals surface area contributed by atoms with E-state index in [2.05, 4.69) is 10.3 Å². The molecule has 1 aliphatic rings. The Kier molecular flexibility index (Phi) is 3.70. The van der Waals surface area contributed by atoms with Crippen LogP contribution in [-0.4, -0.2) is 10.9 Å². The van der Waals surface area contributed by atoms with E-state index < -0.39 is 0 Å². The predicted octanol–water partition coefficient (Wildman–Crippen LogP) is 3.62. The van der Waals surface area contributed by atoms with E-state index in [1.54, 1.807) is 18.3 Å². The Morgan fingerprint density at radius 1 is 1.20 bits per heavy atom. The van der Waals surface area contributed by atoms with Crippen molar-refractivity contribution in [3.8, 4) is 0 Å². The van der Waals surface area contributed by atoms with Crippen LogP contribution in [0, 0.1) is 5.92 Å². The highest BCUT2D eigenvalue weighted by Crippen LogP contribution is 2.41. The van der Waals surface area contributed by atoms with Crippen LogP contribution in [0.15, 0.2) is 48.7 Å². The second-order valence-corrected chi connectivity index (χ2v) is 5.49. The zero-order valence-corrected chi connectivity index (χ0v) is 11.7. The summed E-state index contributed by atoms with van der Waals surface area (Å²) < 4.78 is 0. The van der Waals surface area contributed by atoms with E-state index in [1.165, 1.54) is 0 Å². The van der Waals surface area contributed by atoms with Crippen molar-refractivity contribution in [2.75, 3.05) is 0 Å². The van der Waals surface area contributed by atoms with Crippen LogP contribution in [0.2, 0.25) is 5.02 Å². The van der Waals surface area contributed by atoms with Crippen molar-refractivity contribution in [3.05, 3.63) is 64.9 Å². The highest BCUT2D eigenvalue weighted by atomic mass is 35.5. The van der Waals surface area contributed by atoms with Crippen molar-refractivity contribution >= 4 is 17.5 Å². The van der Waals surface area contributed by atoms with Gasteiger partial charge in [-0.2, -0.15) is 0 Å². The van der Waals surface area contributed by atoms with Gasteiger partial charge in [0.05, 0.1) is 6.04 Å². The number of hydrogen-bond donors (Lipinski definition) is 1. The number of nitrogens with one attached hydrogen (secondary N) is 1. The number of rotatable bonds is 4. The molecule has 3 rings (SSSR count). The average Bonchev–Trinajstić information content (AvgIpc) is 3.31. The minimum atomic E-state index is -0.127. The quantitative estimate of drug-likeness (QED) is 0.933. The summed E-state index contributed by atoms with van der Waals surface area (Å²) in [6, 6.07) is 13.1. The van der Waals surface area contributed by atoms with E-state index in [-0.39, 0.29) is 11.9 Å². The summed E-state index contributed by atoms with van der Waals surface area (Å²) in [6.07, 6.45) is 3.93. The van der Waals surface area contributed by atoms with Gasteiger partial charge in [-0.05, 0) is 48.6 Å². The maximum Gasteiger partial charge on any atom is 0.270 e. The normalized spacial score (nSPS) is 15.7. The fraction of sp³-hybridized carbons (Fsp3) is 0.250. The van der Waals surface area contributed by atoms with Crippen molar-refractivity contribution in [1.29, 1.82) is 0 Å². The van der Waals surface area contributed by atoms with Crippen molar-refractivity contribution < 1.29 is 4.79 Å². The topological polar surface area (TPSA) is 42.0 Å². The molecule has 1 N–H and O–H groups in total. The maximum atomic E-state index is 12.2. The molecule has 0 radical (unpaired) electrons. The third-order valence-electron chi connectivity index (χ3n) is 3.51. The summed E-state index contributed by atoms with van der Waals surface area (Å²) in [5, 5.41) is 3.79. The second-order valence-electron chi connectivity index (χ2n) is 5.06. The van der Waals surface area contributed by atoms with Crippen LogP contribution in [-0.2, 0) is 0 Å². The van der Waals surface area contributed by atoms with Gasteiger partial charge in [-0.3, -0.25) is 9.78 Å².